The molecule has 4 rings (SSSR count). The number of allylic oxidation sites excluding steroid dienone is 2. The van der Waals surface area contributed by atoms with E-state index in [0.717, 1.165) is 31.2 Å². The van der Waals surface area contributed by atoms with Crippen molar-refractivity contribution in [3.8, 4) is 11.5 Å². The number of carboxylic acids is 1. The molecule has 0 saturated carbocycles. The molecule has 3 heterocycles. The van der Waals surface area contributed by atoms with Gasteiger partial charge in [0.25, 0.3) is 0 Å². The van der Waals surface area contributed by atoms with Crippen LogP contribution in [0.5, 0.6) is 11.5 Å². The first-order chi connectivity index (χ1) is 17.4. The zero-order valence-electron chi connectivity index (χ0n) is 22.9. The Balaban J connectivity index is 1.62. The molecule has 1 aromatic carbocycles. The molecule has 2 fully saturated rings. The molecular weight excluding hydrogens is 474 g/mol. The highest BCUT2D eigenvalue weighted by Crippen LogP contribution is 2.56. The molecule has 1 aromatic rings. The van der Waals surface area contributed by atoms with E-state index in [-0.39, 0.29) is 30.1 Å². The number of amides is 1. The van der Waals surface area contributed by atoms with Gasteiger partial charge < -0.3 is 29.0 Å². The molecule has 1 N–H and O–H groups in total. The normalized spacial score (nSPS) is 28.6. The molecule has 0 spiro atoms. The lowest BCUT2D eigenvalue weighted by molar-refractivity contribution is -0.191. The average molecular weight is 516 g/mol. The van der Waals surface area contributed by atoms with Gasteiger partial charge in [0.1, 0.15) is 11.2 Å². The summed E-state index contributed by atoms with van der Waals surface area (Å²) >= 11 is 0. The van der Waals surface area contributed by atoms with Crippen molar-refractivity contribution in [1.82, 2.24) is 4.90 Å². The van der Waals surface area contributed by atoms with Crippen LogP contribution in [0.4, 0.5) is 4.79 Å². The molecule has 3 aliphatic rings. The lowest BCUT2D eigenvalue weighted by Gasteiger charge is -2.54. The van der Waals surface area contributed by atoms with Crippen LogP contribution in [-0.4, -0.2) is 59.1 Å². The Morgan fingerprint density at radius 2 is 2.03 bits per heavy atom. The van der Waals surface area contributed by atoms with Crippen molar-refractivity contribution in [2.24, 2.45) is 11.8 Å². The van der Waals surface area contributed by atoms with Crippen LogP contribution in [0.15, 0.2) is 29.8 Å². The van der Waals surface area contributed by atoms with Crippen LogP contribution in [0, 0.1) is 11.8 Å². The zero-order valence-corrected chi connectivity index (χ0v) is 22.9. The van der Waals surface area contributed by atoms with Gasteiger partial charge >= 0.3 is 12.1 Å². The van der Waals surface area contributed by atoms with E-state index < -0.39 is 23.8 Å². The Bertz CT molecular complexity index is 1040. The van der Waals surface area contributed by atoms with Crippen LogP contribution < -0.4 is 9.47 Å². The number of carbonyl (C=O) groups excluding carboxylic acids is 1. The first kappa shape index (κ1) is 27.3. The molecule has 0 radical (unpaired) electrons. The van der Waals surface area contributed by atoms with Gasteiger partial charge in [0.15, 0.2) is 18.1 Å². The third-order valence-electron chi connectivity index (χ3n) is 7.54. The van der Waals surface area contributed by atoms with Crippen molar-refractivity contribution in [3.05, 3.63) is 35.4 Å². The molecule has 204 valence electrons. The fraction of sp³-hybridized carbons (Fsp3) is 0.655. The van der Waals surface area contributed by atoms with Crippen molar-refractivity contribution in [2.75, 3.05) is 19.7 Å². The number of nitrogens with zero attached hydrogens (tertiary/aromatic N) is 1. The fourth-order valence-corrected chi connectivity index (χ4v) is 5.81. The highest BCUT2D eigenvalue weighted by atomic mass is 16.6. The summed E-state index contributed by atoms with van der Waals surface area (Å²) in [5.74, 6) is 0.222. The van der Waals surface area contributed by atoms with Crippen LogP contribution in [0.1, 0.15) is 78.9 Å². The second kappa shape index (κ2) is 10.6. The quantitative estimate of drug-likeness (QED) is 0.482. The van der Waals surface area contributed by atoms with Gasteiger partial charge in [0.2, 0.25) is 0 Å². The van der Waals surface area contributed by atoms with Crippen LogP contribution in [0.3, 0.4) is 0 Å². The number of ether oxygens (including phenoxy) is 4. The van der Waals surface area contributed by atoms with E-state index in [1.54, 1.807) is 6.07 Å². The summed E-state index contributed by atoms with van der Waals surface area (Å²) < 4.78 is 24.8. The maximum absolute atomic E-state index is 12.8. The van der Waals surface area contributed by atoms with Crippen molar-refractivity contribution in [1.29, 1.82) is 0 Å². The van der Waals surface area contributed by atoms with Gasteiger partial charge in [-0.25, -0.2) is 9.59 Å². The number of hydrogen-bond donors (Lipinski definition) is 1. The van der Waals surface area contributed by atoms with Gasteiger partial charge in [0.05, 0.1) is 12.2 Å². The average Bonchev–Trinajstić information content (AvgIpc) is 2.80. The molecule has 2 saturated heterocycles. The Hall–Kier alpha value is -2.74. The smallest absolute Gasteiger partial charge is 0.410 e. The Morgan fingerprint density at radius 1 is 1.27 bits per heavy atom. The summed E-state index contributed by atoms with van der Waals surface area (Å²) in [5, 5.41) is 9.16. The van der Waals surface area contributed by atoms with E-state index in [1.807, 2.05) is 37.8 Å². The molecular formula is C29H41NO7. The summed E-state index contributed by atoms with van der Waals surface area (Å²) in [6.45, 7) is 12.7. The zero-order chi connectivity index (χ0) is 27.0. The minimum absolute atomic E-state index is 0.0245. The number of hydrogen-bond acceptors (Lipinski definition) is 6. The number of fused-ring (bicyclic) bond motifs is 4. The Kier molecular flexibility index (Phi) is 7.79. The van der Waals surface area contributed by atoms with Gasteiger partial charge in [-0.1, -0.05) is 23.8 Å². The van der Waals surface area contributed by atoms with Crippen molar-refractivity contribution in [3.63, 3.8) is 0 Å². The number of carboxylic acid groups (broad SMARTS) is 1. The predicted molar refractivity (Wildman–Crippen MR) is 139 cm³/mol. The fourth-order valence-electron chi connectivity index (χ4n) is 5.81. The minimum atomic E-state index is -1.04. The number of aliphatic carboxylic acids is 1. The maximum Gasteiger partial charge on any atom is 0.410 e. The number of likely N-dealkylation sites (tertiary alicyclic amines) is 1. The van der Waals surface area contributed by atoms with Crippen LogP contribution in [-0.2, 0) is 14.3 Å². The number of carbonyl (C=O) groups is 2. The number of para-hydroxylation sites is 1. The second-order valence-electron chi connectivity index (χ2n) is 12.0. The topological polar surface area (TPSA) is 94.5 Å². The number of piperidine rings is 1. The van der Waals surface area contributed by atoms with Gasteiger partial charge in [0, 0.05) is 30.5 Å². The Morgan fingerprint density at radius 3 is 2.70 bits per heavy atom. The third-order valence-corrected chi connectivity index (χ3v) is 7.54. The van der Waals surface area contributed by atoms with Crippen molar-refractivity contribution < 1.29 is 33.6 Å². The van der Waals surface area contributed by atoms with Gasteiger partial charge in [-0.05, 0) is 73.3 Å². The summed E-state index contributed by atoms with van der Waals surface area (Å²) in [6.07, 6.45) is 5.01. The van der Waals surface area contributed by atoms with Crippen LogP contribution in [0.25, 0.3) is 0 Å². The highest BCUT2D eigenvalue weighted by molar-refractivity contribution is 5.69. The van der Waals surface area contributed by atoms with E-state index in [9.17, 15) is 9.59 Å². The number of benzene rings is 1. The van der Waals surface area contributed by atoms with E-state index in [1.165, 1.54) is 5.57 Å². The van der Waals surface area contributed by atoms with E-state index >= 15 is 0 Å². The lowest BCUT2D eigenvalue weighted by Crippen LogP contribution is -2.57. The number of rotatable bonds is 6. The van der Waals surface area contributed by atoms with Crippen LogP contribution in [0.2, 0.25) is 0 Å². The molecule has 37 heavy (non-hydrogen) atoms. The minimum Gasteiger partial charge on any atom is -0.483 e. The molecule has 8 heteroatoms. The lowest BCUT2D eigenvalue weighted by atomic mass is 9.68. The highest BCUT2D eigenvalue weighted by Gasteiger charge is 2.54. The summed E-state index contributed by atoms with van der Waals surface area (Å²) in [7, 11) is 0. The first-order valence-electron chi connectivity index (χ1n) is 13.3. The van der Waals surface area contributed by atoms with Gasteiger partial charge in [-0.2, -0.15) is 0 Å². The second-order valence-corrected chi connectivity index (χ2v) is 12.0. The molecule has 5 atom stereocenters. The van der Waals surface area contributed by atoms with Crippen molar-refractivity contribution >= 4 is 12.1 Å². The van der Waals surface area contributed by atoms with Crippen LogP contribution >= 0.6 is 0 Å². The standard InChI is InChI=1S/C29H41NO7/c1-18(2)9-8-13-29(6)21-15-19-16-30(27(33)37-28(3,4)5)14-12-22(19)35-25(21)20-10-7-11-23(26(20)36-29)34-17-24(31)32/h7,9-11,19,21-22,25H,8,12-17H2,1-6H3,(H,31,32)/t19-,21-,22-,25+,29-/m0/s1. The van der Waals surface area contributed by atoms with E-state index in [0.29, 0.717) is 24.6 Å². The van der Waals surface area contributed by atoms with E-state index in [2.05, 4.69) is 26.8 Å². The molecule has 8 nitrogen and oxygen atoms in total. The molecule has 1 amide bonds. The molecule has 0 aromatic heterocycles. The Labute approximate surface area is 219 Å². The third kappa shape index (κ3) is 6.22. The predicted octanol–water partition coefficient (Wildman–Crippen LogP) is 5.75. The molecule has 0 bridgehead atoms. The molecule has 3 aliphatic heterocycles. The monoisotopic (exact) mass is 515 g/mol. The summed E-state index contributed by atoms with van der Waals surface area (Å²) in [6, 6.07) is 5.61. The van der Waals surface area contributed by atoms with E-state index in [4.69, 9.17) is 24.1 Å². The summed E-state index contributed by atoms with van der Waals surface area (Å²) in [5.41, 5.74) is 1.07. The SMILES string of the molecule is CC(C)=CCC[C@]1(C)Oc2c(OCC(=O)O)cccc2[C@H]2O[C@H]3CCN(C(=O)OC(C)(C)C)C[C@@H]3C[C@@H]21. The maximum atomic E-state index is 12.8. The first-order valence-corrected chi connectivity index (χ1v) is 13.3. The largest absolute Gasteiger partial charge is 0.483 e. The molecule has 0 aliphatic carbocycles. The van der Waals surface area contributed by atoms with Gasteiger partial charge in [-0.3, -0.25) is 0 Å². The van der Waals surface area contributed by atoms with Gasteiger partial charge in [-0.15, -0.1) is 0 Å². The summed E-state index contributed by atoms with van der Waals surface area (Å²) in [4.78, 5) is 25.8. The molecule has 0 unspecified atom stereocenters. The van der Waals surface area contributed by atoms with Crippen molar-refractivity contribution in [2.45, 2.75) is 90.6 Å².